The van der Waals surface area contributed by atoms with Crippen molar-refractivity contribution in [1.29, 1.82) is 0 Å². The zero-order valence-corrected chi connectivity index (χ0v) is 26.4. The summed E-state index contributed by atoms with van der Waals surface area (Å²) in [5.41, 5.74) is 4.42. The molecule has 4 aliphatic rings. The SMILES string of the molecule is CCOc1ccc(/C=C2\CCC[C@@H]3C2=NN(C(=O)CN2N=N[C@H]4C(=O)N(c5ccccc5)C(=O)[C@@H]42)[C@@H]3c2ccc(OCC)cc2)cc1. The number of hydrogen-bond donors (Lipinski definition) is 0. The number of fused-ring (bicyclic) bond motifs is 2. The van der Waals surface area contributed by atoms with Crippen molar-refractivity contribution in [2.24, 2.45) is 21.4 Å². The van der Waals surface area contributed by atoms with Gasteiger partial charge in [-0.2, -0.15) is 10.2 Å². The second-order valence-corrected chi connectivity index (χ2v) is 11.9. The molecule has 47 heavy (non-hydrogen) atoms. The van der Waals surface area contributed by atoms with Gasteiger partial charge in [0.2, 0.25) is 0 Å². The van der Waals surface area contributed by atoms with Crippen LogP contribution in [0.5, 0.6) is 11.5 Å². The van der Waals surface area contributed by atoms with Crippen LogP contribution in [0.1, 0.15) is 50.3 Å². The fourth-order valence-electron chi connectivity index (χ4n) is 6.89. The molecular formula is C36H36N6O5. The van der Waals surface area contributed by atoms with Crippen molar-refractivity contribution < 1.29 is 23.9 Å². The summed E-state index contributed by atoms with van der Waals surface area (Å²) in [5.74, 6) is 0.323. The van der Waals surface area contributed by atoms with Gasteiger partial charge in [-0.05, 0) is 92.3 Å². The van der Waals surface area contributed by atoms with Crippen molar-refractivity contribution in [3.8, 4) is 11.5 Å². The highest BCUT2D eigenvalue weighted by molar-refractivity contribution is 6.25. The molecule has 0 radical (unpaired) electrons. The molecular weight excluding hydrogens is 596 g/mol. The van der Waals surface area contributed by atoms with Crippen LogP contribution < -0.4 is 14.4 Å². The zero-order chi connectivity index (χ0) is 32.5. The third-order valence-electron chi connectivity index (χ3n) is 8.99. The molecule has 3 aliphatic heterocycles. The van der Waals surface area contributed by atoms with E-state index in [-0.39, 0.29) is 24.4 Å². The van der Waals surface area contributed by atoms with Crippen molar-refractivity contribution in [3.05, 3.63) is 95.6 Å². The summed E-state index contributed by atoms with van der Waals surface area (Å²) in [6, 6.07) is 22.2. The first kappa shape index (κ1) is 30.3. The van der Waals surface area contributed by atoms with E-state index in [9.17, 15) is 14.4 Å². The molecule has 4 atom stereocenters. The van der Waals surface area contributed by atoms with E-state index in [2.05, 4.69) is 16.4 Å². The fraction of sp³-hybridized carbons (Fsp3) is 0.333. The number of hydrogen-bond acceptors (Lipinski definition) is 9. The van der Waals surface area contributed by atoms with Crippen molar-refractivity contribution in [2.75, 3.05) is 24.7 Å². The summed E-state index contributed by atoms with van der Waals surface area (Å²) >= 11 is 0. The van der Waals surface area contributed by atoms with E-state index in [4.69, 9.17) is 14.6 Å². The van der Waals surface area contributed by atoms with Gasteiger partial charge in [-0.25, -0.2) is 9.91 Å². The van der Waals surface area contributed by atoms with Crippen LogP contribution in [-0.2, 0) is 14.4 Å². The van der Waals surface area contributed by atoms with Gasteiger partial charge in [0.05, 0.1) is 30.7 Å². The number of hydrazone groups is 1. The molecule has 1 saturated carbocycles. The van der Waals surface area contributed by atoms with Crippen molar-refractivity contribution >= 4 is 35.2 Å². The molecule has 3 amide bonds. The Hall–Kier alpha value is -5.32. The second-order valence-electron chi connectivity index (χ2n) is 11.9. The quantitative estimate of drug-likeness (QED) is 0.284. The predicted octanol–water partition coefficient (Wildman–Crippen LogP) is 5.60. The highest BCUT2D eigenvalue weighted by Gasteiger charge is 2.55. The Balaban J connectivity index is 1.18. The third kappa shape index (κ3) is 5.66. The molecule has 0 spiro atoms. The monoisotopic (exact) mass is 632 g/mol. The molecule has 7 rings (SSSR count). The summed E-state index contributed by atoms with van der Waals surface area (Å²) in [6.45, 7) is 4.80. The minimum atomic E-state index is -0.992. The number of carbonyl (C=O) groups is 3. The third-order valence-corrected chi connectivity index (χ3v) is 8.99. The smallest absolute Gasteiger partial charge is 0.264 e. The van der Waals surface area contributed by atoms with Gasteiger partial charge in [0.15, 0.2) is 12.1 Å². The lowest BCUT2D eigenvalue weighted by atomic mass is 9.77. The zero-order valence-electron chi connectivity index (χ0n) is 26.4. The summed E-state index contributed by atoms with van der Waals surface area (Å²) in [4.78, 5) is 42.0. The molecule has 3 heterocycles. The molecule has 2 fully saturated rings. The Kier molecular flexibility index (Phi) is 8.28. The Bertz CT molecular complexity index is 1750. The van der Waals surface area contributed by atoms with E-state index < -0.39 is 23.9 Å². The van der Waals surface area contributed by atoms with Crippen molar-refractivity contribution in [3.63, 3.8) is 0 Å². The van der Waals surface area contributed by atoms with Crippen LogP contribution >= 0.6 is 0 Å². The van der Waals surface area contributed by atoms with E-state index >= 15 is 0 Å². The maximum atomic E-state index is 14.2. The Labute approximate surface area is 273 Å². The first-order valence-corrected chi connectivity index (χ1v) is 16.1. The number of allylic oxidation sites excluding steroid dienone is 1. The summed E-state index contributed by atoms with van der Waals surface area (Å²) in [7, 11) is 0. The highest BCUT2D eigenvalue weighted by atomic mass is 16.5. The van der Waals surface area contributed by atoms with Crippen molar-refractivity contribution in [2.45, 2.75) is 51.2 Å². The highest BCUT2D eigenvalue weighted by Crippen LogP contribution is 2.45. The summed E-state index contributed by atoms with van der Waals surface area (Å²) < 4.78 is 11.3. The largest absolute Gasteiger partial charge is 0.494 e. The molecule has 0 bridgehead atoms. The van der Waals surface area contributed by atoms with Gasteiger partial charge >= 0.3 is 0 Å². The Morgan fingerprint density at radius 1 is 0.872 bits per heavy atom. The van der Waals surface area contributed by atoms with Gasteiger partial charge in [0, 0.05) is 5.92 Å². The lowest BCUT2D eigenvalue weighted by Crippen LogP contribution is -2.45. The van der Waals surface area contributed by atoms with Crippen LogP contribution in [0.25, 0.3) is 6.08 Å². The van der Waals surface area contributed by atoms with Crippen LogP contribution in [0.2, 0.25) is 0 Å². The van der Waals surface area contributed by atoms with Crippen LogP contribution in [0.3, 0.4) is 0 Å². The number of para-hydroxylation sites is 1. The summed E-state index contributed by atoms with van der Waals surface area (Å²) in [5, 5.41) is 16.1. The number of carbonyl (C=O) groups excluding carboxylic acids is 3. The molecule has 3 aromatic carbocycles. The van der Waals surface area contributed by atoms with Crippen LogP contribution in [0, 0.1) is 5.92 Å². The molecule has 240 valence electrons. The van der Waals surface area contributed by atoms with Crippen LogP contribution in [0.15, 0.2) is 99.9 Å². The number of benzene rings is 3. The van der Waals surface area contributed by atoms with Gasteiger partial charge in [-0.1, -0.05) is 47.7 Å². The molecule has 11 heteroatoms. The molecule has 11 nitrogen and oxygen atoms in total. The van der Waals surface area contributed by atoms with E-state index in [1.165, 1.54) is 5.01 Å². The van der Waals surface area contributed by atoms with E-state index in [1.807, 2.05) is 68.4 Å². The predicted molar refractivity (Wildman–Crippen MR) is 176 cm³/mol. The van der Waals surface area contributed by atoms with E-state index in [0.29, 0.717) is 18.9 Å². The maximum Gasteiger partial charge on any atom is 0.264 e. The first-order chi connectivity index (χ1) is 23.0. The number of rotatable bonds is 9. The average molecular weight is 633 g/mol. The number of ether oxygens (including phenoxy) is 2. The summed E-state index contributed by atoms with van der Waals surface area (Å²) in [6.07, 6.45) is 4.81. The number of imide groups is 1. The molecule has 0 unspecified atom stereocenters. The maximum absolute atomic E-state index is 14.2. The number of nitrogens with zero attached hydrogens (tertiary/aromatic N) is 6. The molecule has 3 aromatic rings. The van der Waals surface area contributed by atoms with Gasteiger partial charge in [0.25, 0.3) is 17.7 Å². The molecule has 1 aliphatic carbocycles. The van der Waals surface area contributed by atoms with Crippen LogP contribution in [0.4, 0.5) is 5.69 Å². The van der Waals surface area contributed by atoms with E-state index in [1.54, 1.807) is 29.3 Å². The van der Waals surface area contributed by atoms with Gasteiger partial charge in [-0.15, -0.1) is 0 Å². The first-order valence-electron chi connectivity index (χ1n) is 16.1. The van der Waals surface area contributed by atoms with Crippen LogP contribution in [-0.4, -0.2) is 65.3 Å². The van der Waals surface area contributed by atoms with Gasteiger partial charge in [0.1, 0.15) is 18.0 Å². The normalized spacial score (nSPS) is 24.1. The molecule has 1 saturated heterocycles. The van der Waals surface area contributed by atoms with Gasteiger partial charge < -0.3 is 9.47 Å². The number of anilines is 1. The van der Waals surface area contributed by atoms with E-state index in [0.717, 1.165) is 58.1 Å². The fourth-order valence-corrected chi connectivity index (χ4v) is 6.89. The minimum absolute atomic E-state index is 0.0178. The lowest BCUT2D eigenvalue weighted by molar-refractivity contribution is -0.136. The lowest BCUT2D eigenvalue weighted by Gasteiger charge is -2.30. The Morgan fingerprint density at radius 3 is 2.23 bits per heavy atom. The topological polar surface area (TPSA) is 116 Å². The molecule has 0 N–H and O–H groups in total. The average Bonchev–Trinajstić information content (AvgIpc) is 3.76. The van der Waals surface area contributed by atoms with Crippen molar-refractivity contribution in [1.82, 2.24) is 10.0 Å². The number of amides is 3. The second kappa shape index (κ2) is 12.8. The molecule has 0 aromatic heterocycles. The standard InChI is InChI=1S/C36H36N6O5/c1-3-46-27-17-13-23(14-18-27)21-25-9-8-12-29-31(25)38-42(33(29)24-15-19-28(20-16-24)47-4-2)30(43)22-40-34-32(37-39-40)35(44)41(36(34)45)26-10-6-5-7-11-26/h5-7,10-11,13-21,29,32-34H,3-4,8-9,12,22H2,1-2H3/b25-21+/t29-,32-,33-,34-/m1/s1. The Morgan fingerprint density at radius 2 is 1.55 bits per heavy atom. The van der Waals surface area contributed by atoms with Gasteiger partial charge in [-0.3, -0.25) is 19.4 Å². The minimum Gasteiger partial charge on any atom is -0.494 e.